The van der Waals surface area contributed by atoms with Crippen LogP contribution in [0.25, 0.3) is 0 Å². The molecule has 0 radical (unpaired) electrons. The molecule has 0 aliphatic carbocycles. The largest absolute Gasteiger partial charge is 0.330 e. The van der Waals surface area contributed by atoms with E-state index in [1.807, 2.05) is 17.1 Å². The molecule has 0 saturated carbocycles. The van der Waals surface area contributed by atoms with E-state index >= 15 is 0 Å². The van der Waals surface area contributed by atoms with E-state index in [0.717, 1.165) is 32.4 Å². The lowest BCUT2D eigenvalue weighted by atomic mass is 10.2. The SMILES string of the molecule is C#CCCn1cc(CCCN)cn1. The molecule has 0 unspecified atom stereocenters. The topological polar surface area (TPSA) is 43.8 Å². The first-order valence-corrected chi connectivity index (χ1v) is 4.51. The standard InChI is InChI=1S/C10H15N3/c1-2-3-7-13-9-10(8-12-13)5-4-6-11/h1,8-9H,3-7,11H2. The van der Waals surface area contributed by atoms with Gasteiger partial charge < -0.3 is 5.73 Å². The lowest BCUT2D eigenvalue weighted by Gasteiger charge is -1.95. The third-order valence-corrected chi connectivity index (χ3v) is 1.84. The van der Waals surface area contributed by atoms with Crippen molar-refractivity contribution < 1.29 is 0 Å². The molecule has 0 spiro atoms. The van der Waals surface area contributed by atoms with Crippen LogP contribution in [-0.2, 0) is 13.0 Å². The summed E-state index contributed by atoms with van der Waals surface area (Å²) in [5, 5.41) is 4.19. The average molecular weight is 177 g/mol. The van der Waals surface area contributed by atoms with Gasteiger partial charge in [0.15, 0.2) is 0 Å². The second-order valence-electron chi connectivity index (χ2n) is 2.96. The van der Waals surface area contributed by atoms with Crippen LogP contribution in [0.5, 0.6) is 0 Å². The molecule has 0 aliphatic heterocycles. The van der Waals surface area contributed by atoms with Gasteiger partial charge in [0.05, 0.1) is 12.7 Å². The summed E-state index contributed by atoms with van der Waals surface area (Å²) in [7, 11) is 0. The number of nitrogens with zero attached hydrogens (tertiary/aromatic N) is 2. The molecule has 1 aromatic heterocycles. The Hall–Kier alpha value is -1.27. The van der Waals surface area contributed by atoms with Crippen molar-refractivity contribution in [3.05, 3.63) is 18.0 Å². The number of rotatable bonds is 5. The predicted octanol–water partition coefficient (Wildman–Crippen LogP) is 0.798. The molecular weight excluding hydrogens is 162 g/mol. The van der Waals surface area contributed by atoms with E-state index in [1.54, 1.807) is 0 Å². The first kappa shape index (κ1) is 9.82. The van der Waals surface area contributed by atoms with Gasteiger partial charge in [-0.1, -0.05) is 0 Å². The molecule has 70 valence electrons. The molecule has 0 bridgehead atoms. The highest BCUT2D eigenvalue weighted by molar-refractivity contribution is 5.04. The molecule has 0 amide bonds. The Morgan fingerprint density at radius 3 is 3.15 bits per heavy atom. The molecule has 0 aromatic carbocycles. The molecule has 0 fully saturated rings. The second-order valence-corrected chi connectivity index (χ2v) is 2.96. The molecule has 0 saturated heterocycles. The van der Waals surface area contributed by atoms with Crippen LogP contribution in [0.1, 0.15) is 18.4 Å². The second kappa shape index (κ2) is 5.39. The van der Waals surface area contributed by atoms with Crippen LogP contribution in [0.2, 0.25) is 0 Å². The van der Waals surface area contributed by atoms with Gasteiger partial charge in [-0.05, 0) is 24.9 Å². The summed E-state index contributed by atoms with van der Waals surface area (Å²) in [6.45, 7) is 1.54. The molecule has 3 heteroatoms. The summed E-state index contributed by atoms with van der Waals surface area (Å²) in [5.74, 6) is 2.59. The lowest BCUT2D eigenvalue weighted by Crippen LogP contribution is -2.00. The Morgan fingerprint density at radius 1 is 1.62 bits per heavy atom. The maximum absolute atomic E-state index is 5.41. The number of hydrogen-bond donors (Lipinski definition) is 1. The molecule has 13 heavy (non-hydrogen) atoms. The average Bonchev–Trinajstić information content (AvgIpc) is 2.59. The number of nitrogens with two attached hydrogens (primary N) is 1. The van der Waals surface area contributed by atoms with Gasteiger partial charge in [-0.2, -0.15) is 5.10 Å². The van der Waals surface area contributed by atoms with Gasteiger partial charge in [0.2, 0.25) is 0 Å². The Kier molecular flexibility index (Phi) is 4.07. The molecule has 1 heterocycles. The summed E-state index contributed by atoms with van der Waals surface area (Å²) in [4.78, 5) is 0. The smallest absolute Gasteiger partial charge is 0.0521 e. The first-order chi connectivity index (χ1) is 6.36. The predicted molar refractivity (Wildman–Crippen MR) is 53.1 cm³/mol. The summed E-state index contributed by atoms with van der Waals surface area (Å²) in [6.07, 6.45) is 11.8. The highest BCUT2D eigenvalue weighted by Crippen LogP contribution is 2.01. The van der Waals surface area contributed by atoms with Crippen LogP contribution in [0.3, 0.4) is 0 Å². The monoisotopic (exact) mass is 177 g/mol. The maximum Gasteiger partial charge on any atom is 0.0521 e. The minimum absolute atomic E-state index is 0.732. The molecule has 0 aliphatic rings. The zero-order valence-corrected chi connectivity index (χ0v) is 7.74. The van der Waals surface area contributed by atoms with E-state index in [0.29, 0.717) is 0 Å². The number of terminal acetylenes is 1. The van der Waals surface area contributed by atoms with Gasteiger partial charge in [0, 0.05) is 12.6 Å². The summed E-state index contributed by atoms with van der Waals surface area (Å²) >= 11 is 0. The van der Waals surface area contributed by atoms with E-state index in [2.05, 4.69) is 11.0 Å². The minimum Gasteiger partial charge on any atom is -0.330 e. The fourth-order valence-electron chi connectivity index (χ4n) is 1.14. The fourth-order valence-corrected chi connectivity index (χ4v) is 1.14. The Bertz CT molecular complexity index is 283. The summed E-state index contributed by atoms with van der Waals surface area (Å²) < 4.78 is 1.88. The highest BCUT2D eigenvalue weighted by Gasteiger charge is 1.96. The third-order valence-electron chi connectivity index (χ3n) is 1.84. The molecule has 0 atom stereocenters. The number of aromatic nitrogens is 2. The normalized spacial score (nSPS) is 9.85. The van der Waals surface area contributed by atoms with Gasteiger partial charge in [0.1, 0.15) is 0 Å². The Morgan fingerprint density at radius 2 is 2.46 bits per heavy atom. The van der Waals surface area contributed by atoms with Crippen LogP contribution in [0, 0.1) is 12.3 Å². The number of hydrogen-bond acceptors (Lipinski definition) is 2. The van der Waals surface area contributed by atoms with Crippen molar-refractivity contribution in [3.63, 3.8) is 0 Å². The first-order valence-electron chi connectivity index (χ1n) is 4.51. The van der Waals surface area contributed by atoms with Crippen LogP contribution in [0.15, 0.2) is 12.4 Å². The summed E-state index contributed by atoms with van der Waals surface area (Å²) in [6, 6.07) is 0. The van der Waals surface area contributed by atoms with Crippen molar-refractivity contribution in [2.45, 2.75) is 25.8 Å². The van der Waals surface area contributed by atoms with Crippen LogP contribution < -0.4 is 5.73 Å². The zero-order chi connectivity index (χ0) is 9.52. The quantitative estimate of drug-likeness (QED) is 0.676. The van der Waals surface area contributed by atoms with Crippen molar-refractivity contribution in [2.24, 2.45) is 5.73 Å². The van der Waals surface area contributed by atoms with Gasteiger partial charge >= 0.3 is 0 Å². The number of aryl methyl sites for hydroxylation is 2. The molecular formula is C10H15N3. The van der Waals surface area contributed by atoms with Crippen LogP contribution in [0.4, 0.5) is 0 Å². The highest BCUT2D eigenvalue weighted by atomic mass is 15.3. The fraction of sp³-hybridized carbons (Fsp3) is 0.500. The van der Waals surface area contributed by atoms with E-state index in [4.69, 9.17) is 12.2 Å². The molecule has 1 rings (SSSR count). The van der Waals surface area contributed by atoms with E-state index in [1.165, 1.54) is 5.56 Å². The van der Waals surface area contributed by atoms with E-state index in [-0.39, 0.29) is 0 Å². The van der Waals surface area contributed by atoms with Crippen LogP contribution in [-0.4, -0.2) is 16.3 Å². The van der Waals surface area contributed by atoms with Crippen molar-refractivity contribution in [1.29, 1.82) is 0 Å². The Labute approximate surface area is 78.9 Å². The Balaban J connectivity index is 2.40. The van der Waals surface area contributed by atoms with E-state index < -0.39 is 0 Å². The molecule has 1 aromatic rings. The lowest BCUT2D eigenvalue weighted by molar-refractivity contribution is 0.629. The summed E-state index contributed by atoms with van der Waals surface area (Å²) in [5.41, 5.74) is 6.65. The van der Waals surface area contributed by atoms with Gasteiger partial charge in [0.25, 0.3) is 0 Å². The van der Waals surface area contributed by atoms with Crippen molar-refractivity contribution >= 4 is 0 Å². The molecule has 2 N–H and O–H groups in total. The van der Waals surface area contributed by atoms with Gasteiger partial charge in [-0.15, -0.1) is 12.3 Å². The molecule has 3 nitrogen and oxygen atoms in total. The van der Waals surface area contributed by atoms with E-state index in [9.17, 15) is 0 Å². The van der Waals surface area contributed by atoms with Crippen molar-refractivity contribution in [1.82, 2.24) is 9.78 Å². The minimum atomic E-state index is 0.732. The van der Waals surface area contributed by atoms with Gasteiger partial charge in [-0.25, -0.2) is 0 Å². The third kappa shape index (κ3) is 3.30. The van der Waals surface area contributed by atoms with Crippen molar-refractivity contribution in [2.75, 3.05) is 6.54 Å². The van der Waals surface area contributed by atoms with Crippen LogP contribution >= 0.6 is 0 Å². The zero-order valence-electron chi connectivity index (χ0n) is 7.74. The van der Waals surface area contributed by atoms with Gasteiger partial charge in [-0.3, -0.25) is 4.68 Å². The van der Waals surface area contributed by atoms with Crippen molar-refractivity contribution in [3.8, 4) is 12.3 Å². The maximum atomic E-state index is 5.41.